The number of halogens is 1. The highest BCUT2D eigenvalue weighted by Crippen LogP contribution is 2.38. The Morgan fingerprint density at radius 2 is 2.03 bits per heavy atom. The summed E-state index contributed by atoms with van der Waals surface area (Å²) in [4.78, 5) is 21.6. The highest BCUT2D eigenvalue weighted by Gasteiger charge is 2.32. The van der Waals surface area contributed by atoms with Crippen LogP contribution in [0.15, 0.2) is 47.9 Å². The summed E-state index contributed by atoms with van der Waals surface area (Å²) in [7, 11) is 3.87. The van der Waals surface area contributed by atoms with Gasteiger partial charge in [-0.15, -0.1) is 0 Å². The summed E-state index contributed by atoms with van der Waals surface area (Å²) >= 11 is 0. The second-order valence-corrected chi connectivity index (χ2v) is 8.77. The molecule has 2 aromatic heterocycles. The van der Waals surface area contributed by atoms with Gasteiger partial charge in [-0.3, -0.25) is 9.88 Å². The Bertz CT molecular complexity index is 1190. The first-order chi connectivity index (χ1) is 16.0. The third-order valence-electron chi connectivity index (χ3n) is 6.33. The molecule has 1 aromatic carbocycles. The van der Waals surface area contributed by atoms with Gasteiger partial charge in [-0.1, -0.05) is 17.3 Å². The number of pyridine rings is 1. The SMILES string of the molecule is CNc1nc(C)c2c(n1)C[C@H](c1ccc(F)cc1-c1cccnc1)C/C2=N\OC1CN(C)C1. The van der Waals surface area contributed by atoms with Gasteiger partial charge in [0, 0.05) is 50.1 Å². The molecule has 1 aliphatic heterocycles. The number of aromatic nitrogens is 3. The maximum absolute atomic E-state index is 14.3. The van der Waals surface area contributed by atoms with E-state index in [2.05, 4.69) is 32.4 Å². The fourth-order valence-electron chi connectivity index (χ4n) is 4.71. The molecule has 1 aliphatic carbocycles. The molecule has 5 rings (SSSR count). The predicted molar refractivity (Wildman–Crippen MR) is 126 cm³/mol. The molecule has 0 bridgehead atoms. The summed E-state index contributed by atoms with van der Waals surface area (Å²) in [5, 5.41) is 7.64. The van der Waals surface area contributed by atoms with Gasteiger partial charge in [0.1, 0.15) is 5.82 Å². The first kappa shape index (κ1) is 21.5. The van der Waals surface area contributed by atoms with E-state index in [0.717, 1.165) is 52.4 Å². The van der Waals surface area contributed by atoms with Gasteiger partial charge in [0.2, 0.25) is 5.95 Å². The molecule has 0 unspecified atom stereocenters. The van der Waals surface area contributed by atoms with Crippen molar-refractivity contribution in [3.8, 4) is 11.1 Å². The van der Waals surface area contributed by atoms with Crippen LogP contribution in [-0.4, -0.2) is 58.9 Å². The molecule has 1 atom stereocenters. The average molecular weight is 447 g/mol. The van der Waals surface area contributed by atoms with E-state index in [-0.39, 0.29) is 17.8 Å². The topological polar surface area (TPSA) is 75.5 Å². The molecule has 0 saturated carbocycles. The smallest absolute Gasteiger partial charge is 0.222 e. The third kappa shape index (κ3) is 4.30. The van der Waals surface area contributed by atoms with Crippen LogP contribution >= 0.6 is 0 Å². The number of benzene rings is 1. The number of likely N-dealkylation sites (N-methyl/N-ethyl adjacent to an activating group) is 1. The van der Waals surface area contributed by atoms with Crippen molar-refractivity contribution in [3.05, 3.63) is 71.1 Å². The van der Waals surface area contributed by atoms with Crippen molar-refractivity contribution >= 4 is 11.7 Å². The maximum atomic E-state index is 14.3. The normalized spacial score (nSPS) is 19.8. The van der Waals surface area contributed by atoms with Gasteiger partial charge >= 0.3 is 0 Å². The summed E-state index contributed by atoms with van der Waals surface area (Å²) in [6.45, 7) is 3.71. The standard InChI is InChI=1S/C25H27FN6O/c1-15-24-22(30-25(27-2)29-15)9-17(10-23(24)31-33-19-13-32(3)14-19)20-7-6-18(26)11-21(20)16-5-4-8-28-12-16/h4-8,11-12,17,19H,9-10,13-14H2,1-3H3,(H,27,29,30)/b31-23+/t17-/m0/s1. The highest BCUT2D eigenvalue weighted by atomic mass is 19.1. The van der Waals surface area contributed by atoms with Crippen LogP contribution in [0.5, 0.6) is 0 Å². The van der Waals surface area contributed by atoms with Crippen LogP contribution in [0, 0.1) is 12.7 Å². The van der Waals surface area contributed by atoms with E-state index in [9.17, 15) is 4.39 Å². The highest BCUT2D eigenvalue weighted by molar-refractivity contribution is 6.03. The van der Waals surface area contributed by atoms with E-state index in [4.69, 9.17) is 9.82 Å². The van der Waals surface area contributed by atoms with Gasteiger partial charge in [-0.25, -0.2) is 14.4 Å². The Morgan fingerprint density at radius 3 is 2.76 bits per heavy atom. The van der Waals surface area contributed by atoms with E-state index in [1.165, 1.54) is 6.07 Å². The summed E-state index contributed by atoms with van der Waals surface area (Å²) in [6, 6.07) is 8.81. The van der Waals surface area contributed by atoms with E-state index >= 15 is 0 Å². The zero-order valence-electron chi connectivity index (χ0n) is 19.0. The van der Waals surface area contributed by atoms with E-state index in [0.29, 0.717) is 18.8 Å². The van der Waals surface area contributed by atoms with Crippen LogP contribution in [0.25, 0.3) is 11.1 Å². The predicted octanol–water partition coefficient (Wildman–Crippen LogP) is 3.79. The van der Waals surface area contributed by atoms with Gasteiger partial charge in [0.05, 0.1) is 17.1 Å². The monoisotopic (exact) mass is 446 g/mol. The number of nitrogens with zero attached hydrogens (tertiary/aromatic N) is 5. The minimum Gasteiger partial charge on any atom is -0.390 e. The Kier molecular flexibility index (Phi) is 5.76. The lowest BCUT2D eigenvalue weighted by Gasteiger charge is -2.34. The molecular formula is C25H27FN6O. The molecule has 1 saturated heterocycles. The molecule has 7 nitrogen and oxygen atoms in total. The summed E-state index contributed by atoms with van der Waals surface area (Å²) < 4.78 is 14.3. The minimum atomic E-state index is -0.268. The average Bonchev–Trinajstić information content (AvgIpc) is 2.81. The summed E-state index contributed by atoms with van der Waals surface area (Å²) in [5.41, 5.74) is 6.39. The van der Waals surface area contributed by atoms with Crippen LogP contribution in [-0.2, 0) is 11.3 Å². The molecule has 1 fully saturated rings. The number of rotatable bonds is 5. The molecular weight excluding hydrogens is 419 g/mol. The van der Waals surface area contributed by atoms with Crippen LogP contribution in [0.2, 0.25) is 0 Å². The Morgan fingerprint density at radius 1 is 1.18 bits per heavy atom. The zero-order chi connectivity index (χ0) is 22.9. The quantitative estimate of drug-likeness (QED) is 0.601. The lowest BCUT2D eigenvalue weighted by atomic mass is 9.78. The summed E-state index contributed by atoms with van der Waals surface area (Å²) in [6.07, 6.45) is 4.96. The molecule has 33 heavy (non-hydrogen) atoms. The number of nitrogens with one attached hydrogen (secondary N) is 1. The maximum Gasteiger partial charge on any atom is 0.222 e. The van der Waals surface area contributed by atoms with Gasteiger partial charge in [0.15, 0.2) is 6.10 Å². The molecule has 3 heterocycles. The van der Waals surface area contributed by atoms with Gasteiger partial charge in [0.25, 0.3) is 0 Å². The van der Waals surface area contributed by atoms with Crippen molar-refractivity contribution in [2.45, 2.75) is 31.8 Å². The van der Waals surface area contributed by atoms with Crippen molar-refractivity contribution < 1.29 is 9.23 Å². The molecule has 2 aliphatic rings. The third-order valence-corrected chi connectivity index (χ3v) is 6.33. The Balaban J connectivity index is 1.56. The van der Waals surface area contributed by atoms with Crippen molar-refractivity contribution in [1.29, 1.82) is 0 Å². The molecule has 0 amide bonds. The fourth-order valence-corrected chi connectivity index (χ4v) is 4.71. The number of hydrogen-bond donors (Lipinski definition) is 1. The second kappa shape index (κ2) is 8.86. The summed E-state index contributed by atoms with van der Waals surface area (Å²) in [5.74, 6) is 0.383. The molecule has 3 aromatic rings. The molecule has 0 spiro atoms. The zero-order valence-corrected chi connectivity index (χ0v) is 19.0. The Hall–Kier alpha value is -3.39. The van der Waals surface area contributed by atoms with Gasteiger partial charge < -0.3 is 10.2 Å². The molecule has 8 heteroatoms. The lowest BCUT2D eigenvalue weighted by Crippen LogP contribution is -2.49. The number of likely N-dealkylation sites (tertiary alicyclic amines) is 1. The number of aryl methyl sites for hydroxylation is 1. The van der Waals surface area contributed by atoms with E-state index in [1.807, 2.05) is 32.2 Å². The van der Waals surface area contributed by atoms with Gasteiger partial charge in [-0.05, 0) is 55.6 Å². The molecule has 0 radical (unpaired) electrons. The Labute approximate surface area is 192 Å². The van der Waals surface area contributed by atoms with Gasteiger partial charge in [-0.2, -0.15) is 0 Å². The first-order valence-electron chi connectivity index (χ1n) is 11.2. The fraction of sp³-hybridized carbons (Fsp3) is 0.360. The number of oxime groups is 1. The molecule has 170 valence electrons. The van der Waals surface area contributed by atoms with Crippen LogP contribution < -0.4 is 5.32 Å². The molecule has 1 N–H and O–H groups in total. The van der Waals surface area contributed by atoms with Crippen LogP contribution in [0.1, 0.15) is 34.9 Å². The lowest BCUT2D eigenvalue weighted by molar-refractivity contribution is -0.0413. The number of hydrogen-bond acceptors (Lipinski definition) is 7. The van der Waals surface area contributed by atoms with Crippen molar-refractivity contribution in [2.24, 2.45) is 5.16 Å². The van der Waals surface area contributed by atoms with Crippen molar-refractivity contribution in [2.75, 3.05) is 32.5 Å². The number of anilines is 1. The minimum absolute atomic E-state index is 0.0683. The number of fused-ring (bicyclic) bond motifs is 1. The van der Waals surface area contributed by atoms with Crippen molar-refractivity contribution in [1.82, 2.24) is 19.9 Å². The van der Waals surface area contributed by atoms with Crippen molar-refractivity contribution in [3.63, 3.8) is 0 Å². The van der Waals surface area contributed by atoms with Crippen LogP contribution in [0.3, 0.4) is 0 Å². The largest absolute Gasteiger partial charge is 0.390 e. The van der Waals surface area contributed by atoms with E-state index in [1.54, 1.807) is 18.5 Å². The second-order valence-electron chi connectivity index (χ2n) is 8.77. The van der Waals surface area contributed by atoms with E-state index < -0.39 is 0 Å². The van der Waals surface area contributed by atoms with Crippen LogP contribution in [0.4, 0.5) is 10.3 Å². The first-order valence-corrected chi connectivity index (χ1v) is 11.2.